The second kappa shape index (κ2) is 9.39. The minimum atomic E-state index is -0.486. The fourth-order valence-electron chi connectivity index (χ4n) is 2.05. The van der Waals surface area contributed by atoms with Crippen LogP contribution in [-0.4, -0.2) is 38.6 Å². The van der Waals surface area contributed by atoms with Gasteiger partial charge in [0.15, 0.2) is 0 Å². The van der Waals surface area contributed by atoms with Crippen molar-refractivity contribution in [1.82, 2.24) is 5.32 Å². The molecule has 2 aromatic rings. The van der Waals surface area contributed by atoms with Crippen LogP contribution in [-0.2, 0) is 9.53 Å². The SMILES string of the molecule is COCCNC(=O)c1ccc(NCC(=O)Nc2ccccc2F)cc1. The number of benzene rings is 2. The Bertz CT molecular complexity index is 720. The molecule has 0 heterocycles. The van der Waals surface area contributed by atoms with Crippen LogP contribution in [0.5, 0.6) is 0 Å². The molecule has 0 spiro atoms. The fraction of sp³-hybridized carbons (Fsp3) is 0.222. The molecule has 0 bridgehead atoms. The van der Waals surface area contributed by atoms with E-state index >= 15 is 0 Å². The monoisotopic (exact) mass is 345 g/mol. The predicted octanol–water partition coefficient (Wildman–Crippen LogP) is 2.25. The highest BCUT2D eigenvalue weighted by atomic mass is 19.1. The molecule has 0 atom stereocenters. The number of hydrogen-bond donors (Lipinski definition) is 3. The molecular weight excluding hydrogens is 325 g/mol. The van der Waals surface area contributed by atoms with Gasteiger partial charge in [0.25, 0.3) is 5.91 Å². The zero-order valence-electron chi connectivity index (χ0n) is 13.8. The molecule has 0 fully saturated rings. The molecule has 0 aliphatic carbocycles. The van der Waals surface area contributed by atoms with Crippen molar-refractivity contribution in [3.05, 3.63) is 59.9 Å². The molecule has 0 aliphatic rings. The lowest BCUT2D eigenvalue weighted by Crippen LogP contribution is -2.26. The van der Waals surface area contributed by atoms with Gasteiger partial charge >= 0.3 is 0 Å². The topological polar surface area (TPSA) is 79.5 Å². The van der Waals surface area contributed by atoms with Crippen molar-refractivity contribution in [3.8, 4) is 0 Å². The van der Waals surface area contributed by atoms with Crippen molar-refractivity contribution in [2.45, 2.75) is 0 Å². The molecule has 7 heteroatoms. The third-order valence-corrected chi connectivity index (χ3v) is 3.34. The quantitative estimate of drug-likeness (QED) is 0.641. The van der Waals surface area contributed by atoms with Crippen LogP contribution in [0.15, 0.2) is 48.5 Å². The van der Waals surface area contributed by atoms with E-state index in [1.807, 2.05) is 0 Å². The Balaban J connectivity index is 1.82. The first kappa shape index (κ1) is 18.4. The lowest BCUT2D eigenvalue weighted by atomic mass is 10.2. The molecule has 3 N–H and O–H groups in total. The third kappa shape index (κ3) is 5.89. The highest BCUT2D eigenvalue weighted by Crippen LogP contribution is 2.13. The average molecular weight is 345 g/mol. The fourth-order valence-corrected chi connectivity index (χ4v) is 2.05. The first-order valence-corrected chi connectivity index (χ1v) is 7.75. The molecule has 0 aliphatic heterocycles. The first-order valence-electron chi connectivity index (χ1n) is 7.75. The van der Waals surface area contributed by atoms with E-state index in [1.165, 1.54) is 12.1 Å². The van der Waals surface area contributed by atoms with Gasteiger partial charge in [-0.3, -0.25) is 9.59 Å². The van der Waals surface area contributed by atoms with Gasteiger partial charge in [-0.2, -0.15) is 0 Å². The van der Waals surface area contributed by atoms with E-state index in [0.717, 1.165) is 0 Å². The maximum atomic E-state index is 13.5. The van der Waals surface area contributed by atoms with Crippen molar-refractivity contribution in [3.63, 3.8) is 0 Å². The van der Waals surface area contributed by atoms with E-state index in [1.54, 1.807) is 43.5 Å². The average Bonchev–Trinajstić information content (AvgIpc) is 2.62. The summed E-state index contributed by atoms with van der Waals surface area (Å²) in [5, 5.41) is 8.12. The molecule has 0 radical (unpaired) electrons. The summed E-state index contributed by atoms with van der Waals surface area (Å²) < 4.78 is 18.3. The number of halogens is 1. The zero-order chi connectivity index (χ0) is 18.1. The molecular formula is C18H20FN3O3. The summed E-state index contributed by atoms with van der Waals surface area (Å²) in [6.07, 6.45) is 0. The zero-order valence-corrected chi connectivity index (χ0v) is 13.8. The van der Waals surface area contributed by atoms with Crippen LogP contribution >= 0.6 is 0 Å². The summed E-state index contributed by atoms with van der Waals surface area (Å²) in [5.41, 5.74) is 1.33. The molecule has 2 amide bonds. The summed E-state index contributed by atoms with van der Waals surface area (Å²) >= 11 is 0. The molecule has 2 aromatic carbocycles. The van der Waals surface area contributed by atoms with Gasteiger partial charge < -0.3 is 20.7 Å². The van der Waals surface area contributed by atoms with Gasteiger partial charge in [0.2, 0.25) is 5.91 Å². The van der Waals surface area contributed by atoms with E-state index < -0.39 is 5.82 Å². The maximum absolute atomic E-state index is 13.5. The van der Waals surface area contributed by atoms with Crippen molar-refractivity contribution in [2.75, 3.05) is 37.4 Å². The van der Waals surface area contributed by atoms with E-state index in [9.17, 15) is 14.0 Å². The number of carbonyl (C=O) groups excluding carboxylic acids is 2. The van der Waals surface area contributed by atoms with E-state index in [-0.39, 0.29) is 24.0 Å². The van der Waals surface area contributed by atoms with E-state index in [2.05, 4.69) is 16.0 Å². The van der Waals surface area contributed by atoms with Gasteiger partial charge in [0.1, 0.15) is 5.82 Å². The lowest BCUT2D eigenvalue weighted by molar-refractivity contribution is -0.114. The number of para-hydroxylation sites is 1. The second-order valence-electron chi connectivity index (χ2n) is 5.21. The van der Waals surface area contributed by atoms with E-state index in [0.29, 0.717) is 24.4 Å². The Morgan fingerprint density at radius 3 is 2.48 bits per heavy atom. The highest BCUT2D eigenvalue weighted by molar-refractivity contribution is 5.95. The maximum Gasteiger partial charge on any atom is 0.251 e. The van der Waals surface area contributed by atoms with Gasteiger partial charge in [-0.05, 0) is 36.4 Å². The standard InChI is InChI=1S/C18H20FN3O3/c1-25-11-10-20-18(24)13-6-8-14(9-7-13)21-12-17(23)22-16-5-3-2-4-15(16)19/h2-9,21H,10-12H2,1H3,(H,20,24)(H,22,23). The molecule has 0 aromatic heterocycles. The number of ether oxygens (including phenoxy) is 1. The van der Waals surface area contributed by atoms with E-state index in [4.69, 9.17) is 4.74 Å². The third-order valence-electron chi connectivity index (χ3n) is 3.34. The van der Waals surface area contributed by atoms with Crippen LogP contribution in [0.3, 0.4) is 0 Å². The molecule has 0 saturated heterocycles. The Morgan fingerprint density at radius 1 is 1.08 bits per heavy atom. The van der Waals surface area contributed by atoms with Crippen LogP contribution in [0.2, 0.25) is 0 Å². The second-order valence-corrected chi connectivity index (χ2v) is 5.21. The van der Waals surface area contributed by atoms with Crippen LogP contribution in [0, 0.1) is 5.82 Å². The number of anilines is 2. The molecule has 2 rings (SSSR count). The number of amides is 2. The Labute approximate surface area is 145 Å². The summed E-state index contributed by atoms with van der Waals surface area (Å²) in [4.78, 5) is 23.7. The van der Waals surface area contributed by atoms with Crippen LogP contribution in [0.25, 0.3) is 0 Å². The first-order chi connectivity index (χ1) is 12.1. The number of hydrogen-bond acceptors (Lipinski definition) is 4. The molecule has 6 nitrogen and oxygen atoms in total. The van der Waals surface area contributed by atoms with Gasteiger partial charge in [0, 0.05) is 24.9 Å². The normalized spacial score (nSPS) is 10.2. The Kier molecular flexibility index (Phi) is 6.91. The minimum absolute atomic E-state index is 0.0201. The smallest absolute Gasteiger partial charge is 0.251 e. The van der Waals surface area contributed by atoms with Gasteiger partial charge in [-0.1, -0.05) is 12.1 Å². The molecule has 132 valence electrons. The van der Waals surface area contributed by atoms with Gasteiger partial charge in [0.05, 0.1) is 18.8 Å². The number of methoxy groups -OCH3 is 1. The summed E-state index contributed by atoms with van der Waals surface area (Å²) in [7, 11) is 1.56. The molecule has 0 saturated carbocycles. The molecule has 0 unspecified atom stereocenters. The number of carbonyl (C=O) groups is 2. The van der Waals surface area contributed by atoms with Crippen molar-refractivity contribution < 1.29 is 18.7 Å². The van der Waals surface area contributed by atoms with Crippen molar-refractivity contribution in [2.24, 2.45) is 0 Å². The Hall–Kier alpha value is -2.93. The Morgan fingerprint density at radius 2 is 1.80 bits per heavy atom. The lowest BCUT2D eigenvalue weighted by Gasteiger charge is -2.09. The number of rotatable bonds is 8. The summed E-state index contributed by atoms with van der Waals surface area (Å²) in [5.74, 6) is -1.05. The van der Waals surface area contributed by atoms with Crippen LogP contribution < -0.4 is 16.0 Å². The minimum Gasteiger partial charge on any atom is -0.383 e. The largest absolute Gasteiger partial charge is 0.383 e. The summed E-state index contributed by atoms with van der Waals surface area (Å²) in [6.45, 7) is 0.863. The highest BCUT2D eigenvalue weighted by Gasteiger charge is 2.07. The van der Waals surface area contributed by atoms with Crippen molar-refractivity contribution >= 4 is 23.2 Å². The van der Waals surface area contributed by atoms with Crippen LogP contribution in [0.1, 0.15) is 10.4 Å². The van der Waals surface area contributed by atoms with Crippen molar-refractivity contribution in [1.29, 1.82) is 0 Å². The summed E-state index contributed by atoms with van der Waals surface area (Å²) in [6, 6.07) is 12.7. The van der Waals surface area contributed by atoms with Gasteiger partial charge in [-0.15, -0.1) is 0 Å². The van der Waals surface area contributed by atoms with Gasteiger partial charge in [-0.25, -0.2) is 4.39 Å². The predicted molar refractivity (Wildman–Crippen MR) is 94.2 cm³/mol. The van der Waals surface area contributed by atoms with Crippen LogP contribution in [0.4, 0.5) is 15.8 Å². The molecule has 25 heavy (non-hydrogen) atoms. The number of nitrogens with one attached hydrogen (secondary N) is 3.